The van der Waals surface area contributed by atoms with Crippen LogP contribution in [-0.4, -0.2) is 21.2 Å². The van der Waals surface area contributed by atoms with E-state index in [1.54, 1.807) is 0 Å². The fraction of sp³-hybridized carbons (Fsp3) is 0.261. The normalized spacial score (nSPS) is 12.0. The minimum Gasteiger partial charge on any atom is -0.493 e. The van der Waals surface area contributed by atoms with Gasteiger partial charge in [-0.05, 0) is 25.5 Å². The van der Waals surface area contributed by atoms with Crippen LogP contribution in [0.5, 0.6) is 5.75 Å². The van der Waals surface area contributed by atoms with Gasteiger partial charge in [0.15, 0.2) is 5.82 Å². The van der Waals surface area contributed by atoms with E-state index >= 15 is 0 Å². The van der Waals surface area contributed by atoms with E-state index in [0.717, 1.165) is 36.1 Å². The molecule has 29 heavy (non-hydrogen) atoms. The number of thiazole rings is 1. The molecular formula is C23H23N3O2S. The Bertz CT molecular complexity index is 1230. The highest BCUT2D eigenvalue weighted by molar-refractivity contribution is 7.15. The van der Waals surface area contributed by atoms with Gasteiger partial charge in [0, 0.05) is 11.1 Å². The van der Waals surface area contributed by atoms with E-state index in [0.29, 0.717) is 21.9 Å². The molecule has 0 fully saturated rings. The number of hydrogen-bond acceptors (Lipinski definition) is 5. The monoisotopic (exact) mass is 405 g/mol. The maximum atomic E-state index is 12.8. The van der Waals surface area contributed by atoms with Crippen LogP contribution in [0.15, 0.2) is 53.3 Å². The summed E-state index contributed by atoms with van der Waals surface area (Å²) < 4.78 is 7.91. The number of rotatable bonds is 7. The highest BCUT2D eigenvalue weighted by Crippen LogP contribution is 2.20. The Hall–Kier alpha value is -2.99. The van der Waals surface area contributed by atoms with Crippen LogP contribution in [0.25, 0.3) is 22.4 Å². The average molecular weight is 406 g/mol. The first-order chi connectivity index (χ1) is 14.2. The summed E-state index contributed by atoms with van der Waals surface area (Å²) in [6.45, 7) is 4.88. The molecule has 0 aliphatic carbocycles. The SMILES string of the molecule is CCCCCOc1ccccc1/C=c1\sc2nc(-c3ccc(C)cc3)nn2c1=O. The van der Waals surface area contributed by atoms with Crippen LogP contribution in [0, 0.1) is 6.92 Å². The van der Waals surface area contributed by atoms with Crippen LogP contribution in [0.1, 0.15) is 37.3 Å². The van der Waals surface area contributed by atoms with Gasteiger partial charge in [-0.15, -0.1) is 5.10 Å². The molecule has 0 spiro atoms. The molecular weight excluding hydrogens is 382 g/mol. The first-order valence-electron chi connectivity index (χ1n) is 9.86. The minimum absolute atomic E-state index is 0.156. The molecule has 0 bridgehead atoms. The summed E-state index contributed by atoms with van der Waals surface area (Å²) in [5.74, 6) is 1.36. The van der Waals surface area contributed by atoms with E-state index in [2.05, 4.69) is 17.0 Å². The molecule has 2 aromatic heterocycles. The van der Waals surface area contributed by atoms with Crippen molar-refractivity contribution < 1.29 is 4.74 Å². The molecule has 6 heteroatoms. The van der Waals surface area contributed by atoms with Crippen molar-refractivity contribution in [2.24, 2.45) is 0 Å². The minimum atomic E-state index is -0.156. The third-order valence-corrected chi connectivity index (χ3v) is 5.66. The summed E-state index contributed by atoms with van der Waals surface area (Å²) >= 11 is 1.34. The van der Waals surface area contributed by atoms with E-state index < -0.39 is 0 Å². The van der Waals surface area contributed by atoms with E-state index in [4.69, 9.17) is 4.74 Å². The molecule has 2 heterocycles. The molecule has 0 atom stereocenters. The van der Waals surface area contributed by atoms with E-state index in [1.165, 1.54) is 21.4 Å². The molecule has 0 radical (unpaired) electrons. The quantitative estimate of drug-likeness (QED) is 0.432. The van der Waals surface area contributed by atoms with Crippen molar-refractivity contribution in [1.82, 2.24) is 14.6 Å². The Morgan fingerprint density at radius 3 is 2.66 bits per heavy atom. The molecule has 4 rings (SSSR count). The topological polar surface area (TPSA) is 56.5 Å². The van der Waals surface area contributed by atoms with Crippen molar-refractivity contribution in [3.05, 3.63) is 74.5 Å². The van der Waals surface area contributed by atoms with Crippen molar-refractivity contribution in [2.75, 3.05) is 6.61 Å². The van der Waals surface area contributed by atoms with Crippen LogP contribution in [0.4, 0.5) is 0 Å². The van der Waals surface area contributed by atoms with Crippen LogP contribution in [0.3, 0.4) is 0 Å². The van der Waals surface area contributed by atoms with Gasteiger partial charge in [0.2, 0.25) is 4.96 Å². The zero-order valence-electron chi connectivity index (χ0n) is 16.6. The number of hydrogen-bond donors (Lipinski definition) is 0. The first-order valence-corrected chi connectivity index (χ1v) is 10.7. The van der Waals surface area contributed by atoms with E-state index in [-0.39, 0.29) is 5.56 Å². The summed E-state index contributed by atoms with van der Waals surface area (Å²) in [5.41, 5.74) is 2.81. The second-order valence-corrected chi connectivity index (χ2v) is 8.01. The zero-order valence-corrected chi connectivity index (χ0v) is 17.4. The van der Waals surface area contributed by atoms with Gasteiger partial charge in [-0.1, -0.05) is 79.1 Å². The van der Waals surface area contributed by atoms with Crippen molar-refractivity contribution in [3.8, 4) is 17.1 Å². The lowest BCUT2D eigenvalue weighted by molar-refractivity contribution is 0.305. The maximum absolute atomic E-state index is 12.8. The summed E-state index contributed by atoms with van der Waals surface area (Å²) in [5, 5.41) is 4.42. The molecule has 148 valence electrons. The number of aromatic nitrogens is 3. The molecule has 4 aromatic rings. The smallest absolute Gasteiger partial charge is 0.291 e. The van der Waals surface area contributed by atoms with Gasteiger partial charge in [0.25, 0.3) is 5.56 Å². The number of ether oxygens (including phenoxy) is 1. The molecule has 0 amide bonds. The van der Waals surface area contributed by atoms with Crippen LogP contribution >= 0.6 is 11.3 Å². The standard InChI is InChI=1S/C23H23N3O2S/c1-3-4-7-14-28-19-9-6-5-8-18(19)15-20-22(27)26-23(29-20)24-21(25-26)17-12-10-16(2)11-13-17/h5-6,8-13,15H,3-4,7,14H2,1-2H3/b20-15-. The molecule has 5 nitrogen and oxygen atoms in total. The average Bonchev–Trinajstić information content (AvgIpc) is 3.27. The molecule has 0 aliphatic rings. The Balaban J connectivity index is 1.66. The van der Waals surface area contributed by atoms with Gasteiger partial charge in [-0.2, -0.15) is 9.50 Å². The lowest BCUT2D eigenvalue weighted by Gasteiger charge is -2.08. The van der Waals surface area contributed by atoms with Crippen molar-refractivity contribution in [2.45, 2.75) is 33.1 Å². The number of benzene rings is 2. The van der Waals surface area contributed by atoms with E-state index in [9.17, 15) is 4.79 Å². The lowest BCUT2D eigenvalue weighted by atomic mass is 10.1. The zero-order chi connectivity index (χ0) is 20.2. The fourth-order valence-corrected chi connectivity index (χ4v) is 3.96. The van der Waals surface area contributed by atoms with Gasteiger partial charge in [0.1, 0.15) is 5.75 Å². The Labute approximate surface area is 173 Å². The largest absolute Gasteiger partial charge is 0.493 e. The summed E-state index contributed by atoms with van der Waals surface area (Å²) in [6.07, 6.45) is 5.19. The number of fused-ring (bicyclic) bond motifs is 1. The second-order valence-electron chi connectivity index (χ2n) is 7.01. The first kappa shape index (κ1) is 19.3. The summed E-state index contributed by atoms with van der Waals surface area (Å²) in [4.78, 5) is 18.0. The molecule has 0 aliphatic heterocycles. The van der Waals surface area contributed by atoms with Crippen molar-refractivity contribution >= 4 is 22.4 Å². The molecule has 0 saturated heterocycles. The van der Waals surface area contributed by atoms with Crippen LogP contribution in [-0.2, 0) is 0 Å². The number of aryl methyl sites for hydroxylation is 1. The molecule has 0 unspecified atom stereocenters. The van der Waals surface area contributed by atoms with Crippen molar-refractivity contribution in [3.63, 3.8) is 0 Å². The van der Waals surface area contributed by atoms with Crippen molar-refractivity contribution in [1.29, 1.82) is 0 Å². The molecule has 0 saturated carbocycles. The number of nitrogens with zero attached hydrogens (tertiary/aromatic N) is 3. The highest BCUT2D eigenvalue weighted by atomic mass is 32.1. The second kappa shape index (κ2) is 8.57. The summed E-state index contributed by atoms with van der Waals surface area (Å²) in [7, 11) is 0. The molecule has 2 aromatic carbocycles. The predicted molar refractivity (Wildman–Crippen MR) is 118 cm³/mol. The van der Waals surface area contributed by atoms with E-state index in [1.807, 2.05) is 61.5 Å². The lowest BCUT2D eigenvalue weighted by Crippen LogP contribution is -2.23. The Kier molecular flexibility index (Phi) is 5.71. The van der Waals surface area contributed by atoms with Crippen LogP contribution in [0.2, 0.25) is 0 Å². The van der Waals surface area contributed by atoms with Gasteiger partial charge >= 0.3 is 0 Å². The van der Waals surface area contributed by atoms with Gasteiger partial charge < -0.3 is 4.74 Å². The molecule has 0 N–H and O–H groups in total. The van der Waals surface area contributed by atoms with Gasteiger partial charge in [-0.25, -0.2) is 0 Å². The third kappa shape index (κ3) is 4.22. The number of para-hydroxylation sites is 1. The highest BCUT2D eigenvalue weighted by Gasteiger charge is 2.12. The maximum Gasteiger partial charge on any atom is 0.291 e. The third-order valence-electron chi connectivity index (χ3n) is 4.70. The van der Waals surface area contributed by atoms with Crippen LogP contribution < -0.4 is 14.8 Å². The Morgan fingerprint density at radius 1 is 1.10 bits per heavy atom. The van der Waals surface area contributed by atoms with Gasteiger partial charge in [-0.3, -0.25) is 4.79 Å². The Morgan fingerprint density at radius 2 is 1.90 bits per heavy atom. The summed E-state index contributed by atoms with van der Waals surface area (Å²) in [6, 6.07) is 15.8. The van der Waals surface area contributed by atoms with Gasteiger partial charge in [0.05, 0.1) is 11.1 Å². The fourth-order valence-electron chi connectivity index (χ4n) is 3.07. The predicted octanol–water partition coefficient (Wildman–Crippen LogP) is 4.24. The number of unbranched alkanes of at least 4 members (excludes halogenated alkanes) is 2.